The van der Waals surface area contributed by atoms with Gasteiger partial charge in [0, 0.05) is 12.5 Å². The molecule has 180 valence electrons. The Balaban J connectivity index is 1.38. The molecule has 1 unspecified atom stereocenters. The van der Waals surface area contributed by atoms with Crippen molar-refractivity contribution >= 4 is 18.0 Å². The van der Waals surface area contributed by atoms with E-state index in [1.807, 2.05) is 48.5 Å². The molecule has 0 saturated heterocycles. The maximum atomic E-state index is 12.6. The topological polar surface area (TPSA) is 125 Å². The summed E-state index contributed by atoms with van der Waals surface area (Å²) in [7, 11) is 0. The predicted molar refractivity (Wildman–Crippen MR) is 128 cm³/mol. The number of carbonyl (C=O) groups is 3. The fourth-order valence-corrected chi connectivity index (χ4v) is 4.32. The van der Waals surface area contributed by atoms with Crippen LogP contribution < -0.4 is 10.6 Å². The van der Waals surface area contributed by atoms with Gasteiger partial charge in [0.25, 0.3) is 0 Å². The third kappa shape index (κ3) is 5.67. The number of carboxylic acid groups (broad SMARTS) is 1. The number of hydrogen-bond donors (Lipinski definition) is 4. The molecule has 8 heteroatoms. The summed E-state index contributed by atoms with van der Waals surface area (Å²) in [5.41, 5.74) is 5.70. The monoisotopic (exact) mass is 474 g/mol. The van der Waals surface area contributed by atoms with Crippen LogP contribution in [0.5, 0.6) is 0 Å². The Morgan fingerprint density at radius 1 is 0.886 bits per heavy atom. The molecule has 3 aromatic carbocycles. The minimum absolute atomic E-state index is 0.0508. The minimum Gasteiger partial charge on any atom is -0.481 e. The number of nitrogens with one attached hydrogen (secondary N) is 2. The van der Waals surface area contributed by atoms with Gasteiger partial charge in [0.05, 0.1) is 13.0 Å². The lowest BCUT2D eigenvalue weighted by molar-refractivity contribution is -0.139. The number of carboxylic acids is 1. The Kier molecular flexibility index (Phi) is 7.42. The molecule has 4 N–H and O–H groups in total. The van der Waals surface area contributed by atoms with Crippen molar-refractivity contribution in [1.29, 1.82) is 0 Å². The number of rotatable bonds is 9. The highest BCUT2D eigenvalue weighted by atomic mass is 16.5. The first-order valence-electron chi connectivity index (χ1n) is 11.3. The minimum atomic E-state index is -1.30. The maximum absolute atomic E-state index is 12.6. The molecule has 4 rings (SSSR count). The van der Waals surface area contributed by atoms with Crippen LogP contribution in [0.15, 0.2) is 72.8 Å². The Morgan fingerprint density at radius 3 is 2.14 bits per heavy atom. The van der Waals surface area contributed by atoms with Gasteiger partial charge in [0.1, 0.15) is 12.6 Å². The van der Waals surface area contributed by atoms with Gasteiger partial charge < -0.3 is 25.6 Å². The number of benzene rings is 3. The molecule has 2 amide bonds. The first-order chi connectivity index (χ1) is 17.0. The van der Waals surface area contributed by atoms with E-state index in [0.29, 0.717) is 5.56 Å². The van der Waals surface area contributed by atoms with Crippen molar-refractivity contribution in [3.63, 3.8) is 0 Å². The summed E-state index contributed by atoms with van der Waals surface area (Å²) in [5, 5.41) is 23.5. The number of carbonyl (C=O) groups excluding carboxylic acids is 2. The van der Waals surface area contributed by atoms with Gasteiger partial charge in [0.2, 0.25) is 5.91 Å². The number of hydrogen-bond acceptors (Lipinski definition) is 5. The normalized spacial score (nSPS) is 12.8. The third-order valence-electron chi connectivity index (χ3n) is 5.97. The van der Waals surface area contributed by atoms with Crippen LogP contribution in [0.1, 0.15) is 34.6 Å². The van der Waals surface area contributed by atoms with Crippen molar-refractivity contribution in [2.45, 2.75) is 31.5 Å². The molecule has 35 heavy (non-hydrogen) atoms. The first kappa shape index (κ1) is 24.0. The third-order valence-corrected chi connectivity index (χ3v) is 5.97. The Labute approximate surface area is 202 Å². The highest BCUT2D eigenvalue weighted by molar-refractivity contribution is 5.89. The average Bonchev–Trinajstić information content (AvgIpc) is 3.19. The largest absolute Gasteiger partial charge is 0.481 e. The number of amides is 2. The van der Waals surface area contributed by atoms with Crippen molar-refractivity contribution in [2.24, 2.45) is 0 Å². The molecule has 0 aromatic heterocycles. The van der Waals surface area contributed by atoms with Crippen molar-refractivity contribution in [3.8, 4) is 11.1 Å². The lowest BCUT2D eigenvalue weighted by Gasteiger charge is -2.19. The summed E-state index contributed by atoms with van der Waals surface area (Å²) >= 11 is 0. The molecule has 8 nitrogen and oxygen atoms in total. The molecule has 3 aromatic rings. The molecule has 0 spiro atoms. The van der Waals surface area contributed by atoms with Crippen LogP contribution in [-0.2, 0) is 27.5 Å². The van der Waals surface area contributed by atoms with Gasteiger partial charge in [-0.1, -0.05) is 72.8 Å². The SMILES string of the molecule is O=C(O)CC(NC(=O)OCC1c2ccccc2-c2ccccc21)C(=O)NCc1cccc(CO)c1. The highest BCUT2D eigenvalue weighted by Gasteiger charge is 2.30. The van der Waals surface area contributed by atoms with Crippen LogP contribution in [0, 0.1) is 0 Å². The number of fused-ring (bicyclic) bond motifs is 3. The number of aliphatic hydroxyl groups is 1. The summed E-state index contributed by atoms with van der Waals surface area (Å²) in [6, 6.07) is 21.5. The summed E-state index contributed by atoms with van der Waals surface area (Å²) in [6.45, 7) is 0.0388. The second kappa shape index (κ2) is 10.8. The fraction of sp³-hybridized carbons (Fsp3) is 0.222. The molecule has 0 aliphatic heterocycles. The van der Waals surface area contributed by atoms with E-state index < -0.39 is 30.4 Å². The lowest BCUT2D eigenvalue weighted by Crippen LogP contribution is -2.48. The zero-order valence-electron chi connectivity index (χ0n) is 18.9. The molecule has 0 fully saturated rings. The lowest BCUT2D eigenvalue weighted by atomic mass is 9.98. The average molecular weight is 475 g/mol. The van der Waals surface area contributed by atoms with Crippen LogP contribution in [0.4, 0.5) is 4.79 Å². The van der Waals surface area contributed by atoms with E-state index in [1.165, 1.54) is 0 Å². The van der Waals surface area contributed by atoms with Gasteiger partial charge in [-0.15, -0.1) is 0 Å². The molecule has 0 heterocycles. The summed E-state index contributed by atoms with van der Waals surface area (Å²) < 4.78 is 5.44. The predicted octanol–water partition coefficient (Wildman–Crippen LogP) is 3.18. The van der Waals surface area contributed by atoms with E-state index in [4.69, 9.17) is 4.74 Å². The molecule has 1 aliphatic carbocycles. The van der Waals surface area contributed by atoms with Gasteiger partial charge in [-0.3, -0.25) is 9.59 Å². The van der Waals surface area contributed by atoms with Gasteiger partial charge >= 0.3 is 12.1 Å². The number of ether oxygens (including phenoxy) is 1. The van der Waals surface area contributed by atoms with Crippen molar-refractivity contribution in [3.05, 3.63) is 95.1 Å². The van der Waals surface area contributed by atoms with E-state index in [1.54, 1.807) is 24.3 Å². The maximum Gasteiger partial charge on any atom is 0.407 e. The smallest absolute Gasteiger partial charge is 0.407 e. The highest BCUT2D eigenvalue weighted by Crippen LogP contribution is 2.44. The standard InChI is InChI=1S/C27H26N2O6/c30-15-18-7-5-6-17(12-18)14-28-26(33)24(13-25(31)32)29-27(34)35-16-23-21-10-3-1-8-19(21)20-9-2-4-11-22(20)23/h1-12,23-24,30H,13-16H2,(H,28,33)(H,29,34)(H,31,32). The van der Waals surface area contributed by atoms with E-state index >= 15 is 0 Å². The van der Waals surface area contributed by atoms with Gasteiger partial charge in [-0.2, -0.15) is 0 Å². The molecular weight excluding hydrogens is 448 g/mol. The first-order valence-corrected chi connectivity index (χ1v) is 11.3. The van der Waals surface area contributed by atoms with E-state index in [9.17, 15) is 24.6 Å². The van der Waals surface area contributed by atoms with Gasteiger partial charge in [-0.05, 0) is 33.4 Å². The van der Waals surface area contributed by atoms with E-state index in [0.717, 1.165) is 27.8 Å². The Morgan fingerprint density at radius 2 is 1.51 bits per heavy atom. The Hall–Kier alpha value is -4.17. The second-order valence-corrected chi connectivity index (χ2v) is 8.32. The van der Waals surface area contributed by atoms with Crippen molar-refractivity contribution in [1.82, 2.24) is 10.6 Å². The quantitative estimate of drug-likeness (QED) is 0.378. The van der Waals surface area contributed by atoms with Gasteiger partial charge in [0.15, 0.2) is 0 Å². The van der Waals surface area contributed by atoms with Crippen LogP contribution in [0.3, 0.4) is 0 Å². The summed E-state index contributed by atoms with van der Waals surface area (Å²) in [6.07, 6.45) is -1.46. The fourth-order valence-electron chi connectivity index (χ4n) is 4.32. The Bertz CT molecular complexity index is 1200. The molecule has 1 aliphatic rings. The number of alkyl carbamates (subject to hydrolysis) is 1. The molecule has 0 saturated carbocycles. The van der Waals surface area contributed by atoms with Crippen LogP contribution in [0.25, 0.3) is 11.1 Å². The zero-order chi connectivity index (χ0) is 24.8. The summed E-state index contributed by atoms with van der Waals surface area (Å²) in [5.74, 6) is -2.03. The second-order valence-electron chi connectivity index (χ2n) is 8.32. The molecule has 0 bridgehead atoms. The van der Waals surface area contributed by atoms with E-state index in [-0.39, 0.29) is 25.7 Å². The molecular formula is C27H26N2O6. The summed E-state index contributed by atoms with van der Waals surface area (Å²) in [4.78, 5) is 36.5. The van der Waals surface area contributed by atoms with Gasteiger partial charge in [-0.25, -0.2) is 4.79 Å². The molecule has 0 radical (unpaired) electrons. The zero-order valence-corrected chi connectivity index (χ0v) is 18.9. The number of aliphatic carboxylic acids is 1. The van der Waals surface area contributed by atoms with Crippen LogP contribution >= 0.6 is 0 Å². The van der Waals surface area contributed by atoms with Crippen LogP contribution in [0.2, 0.25) is 0 Å². The number of aliphatic hydroxyl groups excluding tert-OH is 1. The molecule has 1 atom stereocenters. The van der Waals surface area contributed by atoms with E-state index in [2.05, 4.69) is 10.6 Å². The van der Waals surface area contributed by atoms with Crippen LogP contribution in [-0.4, -0.2) is 40.8 Å². The van der Waals surface area contributed by atoms with Crippen molar-refractivity contribution < 1.29 is 29.3 Å². The van der Waals surface area contributed by atoms with Crippen molar-refractivity contribution in [2.75, 3.05) is 6.61 Å².